The molecule has 0 aliphatic carbocycles. The van der Waals surface area contributed by atoms with E-state index >= 15 is 0 Å². The van der Waals surface area contributed by atoms with Crippen molar-refractivity contribution in [2.24, 2.45) is 0 Å². The van der Waals surface area contributed by atoms with Crippen molar-refractivity contribution in [3.05, 3.63) is 63.8 Å². The highest BCUT2D eigenvalue weighted by molar-refractivity contribution is 7.14. The van der Waals surface area contributed by atoms with Gasteiger partial charge in [0.25, 0.3) is 5.91 Å². The fraction of sp³-hybridized carbons (Fsp3) is 0.211. The van der Waals surface area contributed by atoms with E-state index in [1.807, 2.05) is 47.2 Å². The highest BCUT2D eigenvalue weighted by Crippen LogP contribution is 2.26. The number of thiazole rings is 1. The summed E-state index contributed by atoms with van der Waals surface area (Å²) in [6.07, 6.45) is -0.873. The molecule has 26 heavy (non-hydrogen) atoms. The molecule has 1 atom stereocenters. The van der Waals surface area contributed by atoms with Gasteiger partial charge in [0.1, 0.15) is 5.01 Å². The third kappa shape index (κ3) is 4.36. The number of carbonyl (C=O) groups is 2. The predicted octanol–water partition coefficient (Wildman–Crippen LogP) is 4.08. The van der Waals surface area contributed by atoms with Crippen LogP contribution in [0.15, 0.2) is 52.5 Å². The van der Waals surface area contributed by atoms with Crippen LogP contribution in [0.2, 0.25) is 0 Å². The Bertz CT molecular complexity index is 875. The normalized spacial score (nSPS) is 11.8. The molecule has 1 aromatic carbocycles. The minimum absolute atomic E-state index is 0.224. The number of benzene rings is 1. The lowest BCUT2D eigenvalue weighted by molar-refractivity contribution is -0.139. The molecule has 3 aromatic rings. The van der Waals surface area contributed by atoms with Crippen LogP contribution >= 0.6 is 22.7 Å². The first kappa shape index (κ1) is 18.3. The van der Waals surface area contributed by atoms with Gasteiger partial charge in [0.2, 0.25) is 0 Å². The van der Waals surface area contributed by atoms with Crippen LogP contribution in [0.4, 0.5) is 0 Å². The van der Waals surface area contributed by atoms with Crippen molar-refractivity contribution >= 4 is 34.6 Å². The summed E-state index contributed by atoms with van der Waals surface area (Å²) >= 11 is 2.95. The molecule has 7 heteroatoms. The Labute approximate surface area is 159 Å². The smallest absolute Gasteiger partial charge is 0.358 e. The second kappa shape index (κ2) is 8.25. The van der Waals surface area contributed by atoms with Gasteiger partial charge in [0.15, 0.2) is 11.8 Å². The van der Waals surface area contributed by atoms with Gasteiger partial charge in [-0.15, -0.1) is 11.3 Å². The van der Waals surface area contributed by atoms with Crippen molar-refractivity contribution in [3.8, 4) is 10.6 Å². The van der Waals surface area contributed by atoms with Gasteiger partial charge in [-0.25, -0.2) is 9.78 Å². The van der Waals surface area contributed by atoms with Crippen molar-refractivity contribution in [2.45, 2.75) is 19.6 Å². The topological polar surface area (TPSA) is 59.5 Å². The average molecular weight is 386 g/mol. The zero-order valence-corrected chi connectivity index (χ0v) is 16.0. The quantitative estimate of drug-likeness (QED) is 0.599. The van der Waals surface area contributed by atoms with Crippen LogP contribution in [-0.4, -0.2) is 34.9 Å². The second-order valence-electron chi connectivity index (χ2n) is 5.78. The lowest BCUT2D eigenvalue weighted by Crippen LogP contribution is -2.37. The first-order chi connectivity index (χ1) is 12.5. The van der Waals surface area contributed by atoms with Crippen molar-refractivity contribution in [1.82, 2.24) is 9.88 Å². The predicted molar refractivity (Wildman–Crippen MR) is 103 cm³/mol. The summed E-state index contributed by atoms with van der Waals surface area (Å²) in [4.78, 5) is 30.6. The molecule has 1 unspecified atom stereocenters. The lowest BCUT2D eigenvalue weighted by atomic mass is 10.2. The van der Waals surface area contributed by atoms with Crippen LogP contribution < -0.4 is 0 Å². The Balaban J connectivity index is 1.59. The third-order valence-electron chi connectivity index (χ3n) is 3.75. The van der Waals surface area contributed by atoms with Gasteiger partial charge >= 0.3 is 5.97 Å². The Morgan fingerprint density at radius 1 is 1.19 bits per heavy atom. The second-order valence-corrected chi connectivity index (χ2v) is 7.42. The largest absolute Gasteiger partial charge is 0.448 e. The van der Waals surface area contributed by atoms with Crippen LogP contribution in [0.25, 0.3) is 10.6 Å². The molecule has 0 aliphatic rings. The van der Waals surface area contributed by atoms with Crippen molar-refractivity contribution < 1.29 is 14.3 Å². The van der Waals surface area contributed by atoms with Crippen molar-refractivity contribution in [1.29, 1.82) is 0 Å². The Morgan fingerprint density at radius 2 is 1.96 bits per heavy atom. The number of esters is 1. The van der Waals surface area contributed by atoms with Crippen LogP contribution in [0.3, 0.4) is 0 Å². The van der Waals surface area contributed by atoms with Crippen molar-refractivity contribution in [3.63, 3.8) is 0 Å². The number of rotatable bonds is 6. The maximum absolute atomic E-state index is 12.4. The summed E-state index contributed by atoms with van der Waals surface area (Å²) in [5.41, 5.74) is 2.22. The van der Waals surface area contributed by atoms with Gasteiger partial charge < -0.3 is 9.64 Å². The van der Waals surface area contributed by atoms with E-state index in [0.29, 0.717) is 6.54 Å². The number of hydrogen-bond donors (Lipinski definition) is 0. The zero-order valence-electron chi connectivity index (χ0n) is 14.4. The molecule has 0 spiro atoms. The summed E-state index contributed by atoms with van der Waals surface area (Å²) in [7, 11) is 1.69. The molecule has 0 aliphatic heterocycles. The Kier molecular flexibility index (Phi) is 5.80. The highest BCUT2D eigenvalue weighted by atomic mass is 32.1. The maximum Gasteiger partial charge on any atom is 0.358 e. The summed E-state index contributed by atoms with van der Waals surface area (Å²) < 4.78 is 5.30. The van der Waals surface area contributed by atoms with Gasteiger partial charge in [-0.05, 0) is 23.9 Å². The van der Waals surface area contributed by atoms with Crippen LogP contribution in [-0.2, 0) is 16.1 Å². The molecule has 1 amide bonds. The van der Waals surface area contributed by atoms with E-state index in [1.54, 1.807) is 35.6 Å². The van der Waals surface area contributed by atoms with Crippen molar-refractivity contribution in [2.75, 3.05) is 7.05 Å². The first-order valence-corrected chi connectivity index (χ1v) is 9.85. The van der Waals surface area contributed by atoms with E-state index in [2.05, 4.69) is 4.98 Å². The molecule has 2 aromatic heterocycles. The summed E-state index contributed by atoms with van der Waals surface area (Å²) in [6.45, 7) is 2.04. The highest BCUT2D eigenvalue weighted by Gasteiger charge is 2.23. The molecule has 0 saturated heterocycles. The molecule has 2 heterocycles. The van der Waals surface area contributed by atoms with E-state index in [0.717, 1.165) is 16.1 Å². The van der Waals surface area contributed by atoms with Gasteiger partial charge in [-0.1, -0.05) is 30.3 Å². The third-order valence-corrected chi connectivity index (χ3v) is 5.33. The van der Waals surface area contributed by atoms with E-state index in [1.165, 1.54) is 11.3 Å². The number of ether oxygens (including phenoxy) is 1. The minimum atomic E-state index is -0.873. The maximum atomic E-state index is 12.4. The number of amides is 1. The number of likely N-dealkylation sites (N-methyl/N-ethyl adjacent to an activating group) is 1. The fourth-order valence-electron chi connectivity index (χ4n) is 2.40. The number of aromatic nitrogens is 1. The van der Waals surface area contributed by atoms with Crippen LogP contribution in [0, 0.1) is 0 Å². The Morgan fingerprint density at radius 3 is 2.65 bits per heavy atom. The van der Waals surface area contributed by atoms with Crippen LogP contribution in [0.1, 0.15) is 23.0 Å². The molecular formula is C19H18N2O3S2. The van der Waals surface area contributed by atoms with E-state index in [9.17, 15) is 9.59 Å². The average Bonchev–Trinajstić information content (AvgIpc) is 3.33. The zero-order chi connectivity index (χ0) is 18.5. The SMILES string of the molecule is CC(OC(=O)c1csc(-c2ccsc2)n1)C(=O)N(C)Cc1ccccc1. The molecular weight excluding hydrogens is 368 g/mol. The van der Waals surface area contributed by atoms with E-state index in [4.69, 9.17) is 4.74 Å². The van der Waals surface area contributed by atoms with Gasteiger partial charge in [-0.2, -0.15) is 11.3 Å². The molecule has 0 radical (unpaired) electrons. The summed E-state index contributed by atoms with van der Waals surface area (Å²) in [6, 6.07) is 11.6. The molecule has 0 fully saturated rings. The number of nitrogens with zero attached hydrogens (tertiary/aromatic N) is 2. The standard InChI is InChI=1S/C19H18N2O3S2/c1-13(18(22)21(2)10-14-6-4-3-5-7-14)24-19(23)16-12-26-17(20-16)15-8-9-25-11-15/h3-9,11-13H,10H2,1-2H3. The molecule has 5 nitrogen and oxygen atoms in total. The number of thiophene rings is 1. The monoisotopic (exact) mass is 386 g/mol. The molecule has 0 bridgehead atoms. The van der Waals surface area contributed by atoms with Gasteiger partial charge in [0.05, 0.1) is 0 Å². The van der Waals surface area contributed by atoms with E-state index in [-0.39, 0.29) is 11.6 Å². The fourth-order valence-corrected chi connectivity index (χ4v) is 3.90. The summed E-state index contributed by atoms with van der Waals surface area (Å²) in [5, 5.41) is 6.34. The number of carbonyl (C=O) groups excluding carboxylic acids is 2. The minimum Gasteiger partial charge on any atom is -0.448 e. The molecule has 134 valence electrons. The lowest BCUT2D eigenvalue weighted by Gasteiger charge is -2.21. The molecule has 0 N–H and O–H groups in total. The number of hydrogen-bond acceptors (Lipinski definition) is 6. The van der Waals surface area contributed by atoms with Crippen LogP contribution in [0.5, 0.6) is 0 Å². The van der Waals surface area contributed by atoms with Gasteiger partial charge in [0, 0.05) is 29.9 Å². The van der Waals surface area contributed by atoms with Gasteiger partial charge in [-0.3, -0.25) is 4.79 Å². The molecule has 3 rings (SSSR count). The Hall–Kier alpha value is -2.51. The molecule has 0 saturated carbocycles. The van der Waals surface area contributed by atoms with E-state index < -0.39 is 12.1 Å². The summed E-state index contributed by atoms with van der Waals surface area (Å²) in [5.74, 6) is -0.841. The first-order valence-electron chi connectivity index (χ1n) is 8.02.